The van der Waals surface area contributed by atoms with Crippen LogP contribution < -0.4 is 5.32 Å². The third-order valence-corrected chi connectivity index (χ3v) is 3.23. The minimum Gasteiger partial charge on any atom is -0.310 e. The molecule has 2 aromatic rings. The van der Waals surface area contributed by atoms with E-state index in [2.05, 4.69) is 10.3 Å². The first kappa shape index (κ1) is 14.0. The van der Waals surface area contributed by atoms with E-state index in [-0.39, 0.29) is 11.9 Å². The minimum atomic E-state index is -0.260. The molecule has 0 aliphatic carbocycles. The Bertz CT molecular complexity index is 531. The van der Waals surface area contributed by atoms with E-state index in [0.29, 0.717) is 17.0 Å². The predicted octanol–water partition coefficient (Wildman–Crippen LogP) is 3.77. The molecule has 0 aliphatic rings. The van der Waals surface area contributed by atoms with Crippen molar-refractivity contribution in [3.05, 3.63) is 64.7 Å². The fraction of sp³-hybridized carbons (Fsp3) is 0.267. The van der Waals surface area contributed by atoms with Gasteiger partial charge in [0.15, 0.2) is 0 Å². The second kappa shape index (κ2) is 6.64. The summed E-state index contributed by atoms with van der Waals surface area (Å²) in [6.07, 6.45) is 4.08. The number of likely N-dealkylation sites (N-methyl/N-ethyl adjacent to an activating group) is 1. The summed E-state index contributed by atoms with van der Waals surface area (Å²) in [5.74, 6) is -0.260. The summed E-state index contributed by atoms with van der Waals surface area (Å²) in [6.45, 7) is 2.86. The molecule has 2 rings (SSSR count). The van der Waals surface area contributed by atoms with E-state index in [1.54, 1.807) is 24.5 Å². The van der Waals surface area contributed by atoms with Crippen molar-refractivity contribution < 1.29 is 4.39 Å². The first-order valence-corrected chi connectivity index (χ1v) is 6.65. The summed E-state index contributed by atoms with van der Waals surface area (Å²) in [5, 5.41) is 3.78. The SMILES string of the molecule is CCNC(Cc1ccc(Cl)cc1F)c1ccncc1. The van der Waals surface area contributed by atoms with Gasteiger partial charge in [0, 0.05) is 23.5 Å². The lowest BCUT2D eigenvalue weighted by atomic mass is 9.99. The predicted molar refractivity (Wildman–Crippen MR) is 75.8 cm³/mol. The zero-order valence-corrected chi connectivity index (χ0v) is 11.5. The van der Waals surface area contributed by atoms with Gasteiger partial charge in [-0.25, -0.2) is 4.39 Å². The van der Waals surface area contributed by atoms with Gasteiger partial charge in [0.1, 0.15) is 5.82 Å². The van der Waals surface area contributed by atoms with Gasteiger partial charge in [-0.3, -0.25) is 4.98 Å². The van der Waals surface area contributed by atoms with Crippen LogP contribution in [0, 0.1) is 5.82 Å². The number of halogens is 2. The molecule has 0 saturated heterocycles. The molecule has 0 aliphatic heterocycles. The Labute approximate surface area is 117 Å². The molecule has 0 radical (unpaired) electrons. The maximum absolute atomic E-state index is 13.8. The van der Waals surface area contributed by atoms with Crippen molar-refractivity contribution in [3.63, 3.8) is 0 Å². The zero-order valence-electron chi connectivity index (χ0n) is 10.7. The minimum absolute atomic E-state index is 0.0728. The molecule has 1 N–H and O–H groups in total. The summed E-state index contributed by atoms with van der Waals surface area (Å²) in [6, 6.07) is 8.77. The Morgan fingerprint density at radius 1 is 1.26 bits per heavy atom. The third kappa shape index (κ3) is 3.75. The van der Waals surface area contributed by atoms with E-state index in [0.717, 1.165) is 12.1 Å². The Balaban J connectivity index is 2.21. The smallest absolute Gasteiger partial charge is 0.127 e. The quantitative estimate of drug-likeness (QED) is 0.901. The normalized spacial score (nSPS) is 12.4. The topological polar surface area (TPSA) is 24.9 Å². The van der Waals surface area contributed by atoms with Gasteiger partial charge in [0.05, 0.1) is 0 Å². The summed E-state index contributed by atoms with van der Waals surface area (Å²) in [5.41, 5.74) is 1.76. The van der Waals surface area contributed by atoms with Crippen LogP contribution in [0.2, 0.25) is 5.02 Å². The highest BCUT2D eigenvalue weighted by molar-refractivity contribution is 6.30. The monoisotopic (exact) mass is 278 g/mol. The number of hydrogen-bond donors (Lipinski definition) is 1. The highest BCUT2D eigenvalue weighted by Gasteiger charge is 2.13. The fourth-order valence-electron chi connectivity index (χ4n) is 2.06. The molecule has 1 heterocycles. The van der Waals surface area contributed by atoms with Crippen molar-refractivity contribution in [2.45, 2.75) is 19.4 Å². The van der Waals surface area contributed by atoms with E-state index in [1.807, 2.05) is 19.1 Å². The second-order valence-electron chi connectivity index (χ2n) is 4.33. The van der Waals surface area contributed by atoms with E-state index in [1.165, 1.54) is 6.07 Å². The molecule has 0 spiro atoms. The molecule has 0 bridgehead atoms. The number of aromatic nitrogens is 1. The highest BCUT2D eigenvalue weighted by Crippen LogP contribution is 2.21. The molecule has 1 atom stereocenters. The standard InChI is InChI=1S/C15H16ClFN2/c1-2-19-15(11-5-7-18-8-6-11)9-12-3-4-13(16)10-14(12)17/h3-8,10,15,19H,2,9H2,1H3. The van der Waals surface area contributed by atoms with Crippen molar-refractivity contribution in [1.82, 2.24) is 10.3 Å². The van der Waals surface area contributed by atoms with Gasteiger partial charge in [-0.15, -0.1) is 0 Å². The molecular formula is C15H16ClFN2. The summed E-state index contributed by atoms with van der Waals surface area (Å²) < 4.78 is 13.8. The van der Waals surface area contributed by atoms with Crippen LogP contribution in [0.15, 0.2) is 42.7 Å². The lowest BCUT2D eigenvalue weighted by molar-refractivity contribution is 0.527. The molecule has 1 aromatic carbocycles. The maximum Gasteiger partial charge on any atom is 0.127 e. The molecular weight excluding hydrogens is 263 g/mol. The molecule has 0 saturated carbocycles. The van der Waals surface area contributed by atoms with E-state index >= 15 is 0 Å². The summed E-state index contributed by atoms with van der Waals surface area (Å²) in [7, 11) is 0. The highest BCUT2D eigenvalue weighted by atomic mass is 35.5. The van der Waals surface area contributed by atoms with Crippen LogP contribution in [0.25, 0.3) is 0 Å². The van der Waals surface area contributed by atoms with Gasteiger partial charge in [0.25, 0.3) is 0 Å². The lowest BCUT2D eigenvalue weighted by Crippen LogP contribution is -2.23. The van der Waals surface area contributed by atoms with Crippen LogP contribution in [0.3, 0.4) is 0 Å². The molecule has 100 valence electrons. The van der Waals surface area contributed by atoms with Crippen molar-refractivity contribution in [3.8, 4) is 0 Å². The molecule has 2 nitrogen and oxygen atoms in total. The van der Waals surface area contributed by atoms with Crippen LogP contribution >= 0.6 is 11.6 Å². The van der Waals surface area contributed by atoms with Gasteiger partial charge in [-0.2, -0.15) is 0 Å². The molecule has 0 amide bonds. The Kier molecular flexibility index (Phi) is 4.88. The molecule has 1 aromatic heterocycles. The molecule has 4 heteroatoms. The van der Waals surface area contributed by atoms with Crippen LogP contribution in [-0.2, 0) is 6.42 Å². The van der Waals surface area contributed by atoms with Crippen LogP contribution in [-0.4, -0.2) is 11.5 Å². The van der Waals surface area contributed by atoms with Crippen LogP contribution in [0.4, 0.5) is 4.39 Å². The Morgan fingerprint density at radius 3 is 2.63 bits per heavy atom. The molecule has 0 fully saturated rings. The number of rotatable bonds is 5. The van der Waals surface area contributed by atoms with Crippen molar-refractivity contribution >= 4 is 11.6 Å². The largest absolute Gasteiger partial charge is 0.310 e. The van der Waals surface area contributed by atoms with Gasteiger partial charge >= 0.3 is 0 Å². The Hall–Kier alpha value is -1.45. The average Bonchev–Trinajstić information content (AvgIpc) is 2.42. The van der Waals surface area contributed by atoms with Crippen LogP contribution in [0.1, 0.15) is 24.1 Å². The lowest BCUT2D eigenvalue weighted by Gasteiger charge is -2.18. The number of nitrogens with zero attached hydrogens (tertiary/aromatic N) is 1. The molecule has 19 heavy (non-hydrogen) atoms. The van der Waals surface area contributed by atoms with Crippen LogP contribution in [0.5, 0.6) is 0 Å². The second-order valence-corrected chi connectivity index (χ2v) is 4.77. The summed E-state index contributed by atoms with van der Waals surface area (Å²) in [4.78, 5) is 4.00. The van der Waals surface area contributed by atoms with Gasteiger partial charge in [-0.1, -0.05) is 24.6 Å². The zero-order chi connectivity index (χ0) is 13.7. The fourth-order valence-corrected chi connectivity index (χ4v) is 2.22. The first-order valence-electron chi connectivity index (χ1n) is 6.28. The average molecular weight is 279 g/mol. The van der Waals surface area contributed by atoms with Gasteiger partial charge in [-0.05, 0) is 48.4 Å². The number of pyridine rings is 1. The van der Waals surface area contributed by atoms with Gasteiger partial charge < -0.3 is 5.32 Å². The third-order valence-electron chi connectivity index (χ3n) is 3.00. The van der Waals surface area contributed by atoms with E-state index in [9.17, 15) is 4.39 Å². The van der Waals surface area contributed by atoms with Crippen molar-refractivity contribution in [2.75, 3.05) is 6.54 Å². The van der Waals surface area contributed by atoms with Crippen molar-refractivity contribution in [1.29, 1.82) is 0 Å². The van der Waals surface area contributed by atoms with Crippen molar-refractivity contribution in [2.24, 2.45) is 0 Å². The van der Waals surface area contributed by atoms with Gasteiger partial charge in [0.2, 0.25) is 0 Å². The number of nitrogens with one attached hydrogen (secondary N) is 1. The number of benzene rings is 1. The Morgan fingerprint density at radius 2 is 2.00 bits per heavy atom. The van der Waals surface area contributed by atoms with E-state index in [4.69, 9.17) is 11.6 Å². The van der Waals surface area contributed by atoms with E-state index < -0.39 is 0 Å². The first-order chi connectivity index (χ1) is 9.20. The summed E-state index contributed by atoms with van der Waals surface area (Å²) >= 11 is 5.77. The molecule has 1 unspecified atom stereocenters. The number of hydrogen-bond acceptors (Lipinski definition) is 2. The maximum atomic E-state index is 13.8.